The fourth-order valence-electron chi connectivity index (χ4n) is 2.04. The van der Waals surface area contributed by atoms with Crippen LogP contribution in [0.1, 0.15) is 5.56 Å². The van der Waals surface area contributed by atoms with E-state index in [0.717, 1.165) is 16.0 Å². The van der Waals surface area contributed by atoms with Crippen LogP contribution in [0.5, 0.6) is 0 Å². The monoisotopic (exact) mass is 286 g/mol. The molecule has 2 heterocycles. The van der Waals surface area contributed by atoms with Gasteiger partial charge in [-0.2, -0.15) is 4.80 Å². The molecule has 2 aromatic rings. The van der Waals surface area contributed by atoms with Crippen LogP contribution >= 0.6 is 0 Å². The molecule has 1 aromatic carbocycles. The first-order valence-corrected chi connectivity index (χ1v) is 6.56. The largest absolute Gasteiger partial charge is 0.336 e. The first-order valence-electron chi connectivity index (χ1n) is 6.56. The Morgan fingerprint density at radius 3 is 2.76 bits per heavy atom. The molecule has 0 radical (unpaired) electrons. The molecule has 1 aliphatic rings. The van der Waals surface area contributed by atoms with E-state index in [9.17, 15) is 9.59 Å². The van der Waals surface area contributed by atoms with Gasteiger partial charge >= 0.3 is 6.03 Å². The zero-order chi connectivity index (χ0) is 14.8. The molecule has 0 aliphatic carbocycles. The molecule has 0 unspecified atom stereocenters. The molecule has 21 heavy (non-hydrogen) atoms. The Labute approximate surface area is 120 Å². The van der Waals surface area contributed by atoms with Crippen LogP contribution in [0.25, 0.3) is 11.4 Å². The van der Waals surface area contributed by atoms with Crippen LogP contribution < -0.4 is 5.32 Å². The van der Waals surface area contributed by atoms with Crippen molar-refractivity contribution in [3.63, 3.8) is 0 Å². The third-order valence-corrected chi connectivity index (χ3v) is 3.20. The molecule has 1 aliphatic heterocycles. The number of hydrogen-bond acceptors (Lipinski definition) is 5. The minimum absolute atomic E-state index is 0.105. The molecule has 1 saturated heterocycles. The average molecular weight is 286 g/mol. The summed E-state index contributed by atoms with van der Waals surface area (Å²) in [5.74, 6) is 0.103. The number of carbonyl (C=O) groups excluding carboxylic acids is 2. The fraction of sp³-hybridized carbons (Fsp3) is 0.308. The molecular weight excluding hydrogens is 272 g/mol. The van der Waals surface area contributed by atoms with Crippen molar-refractivity contribution in [2.75, 3.05) is 13.1 Å². The summed E-state index contributed by atoms with van der Waals surface area (Å²) in [4.78, 5) is 25.7. The molecule has 1 fully saturated rings. The Balaban J connectivity index is 1.71. The molecule has 3 rings (SSSR count). The third-order valence-electron chi connectivity index (χ3n) is 3.20. The minimum atomic E-state index is -0.376. The lowest BCUT2D eigenvalue weighted by atomic mass is 10.1. The number of nitrogens with zero attached hydrogens (tertiary/aromatic N) is 5. The van der Waals surface area contributed by atoms with E-state index >= 15 is 0 Å². The van der Waals surface area contributed by atoms with Crippen molar-refractivity contribution in [1.82, 2.24) is 30.4 Å². The number of carbonyl (C=O) groups is 2. The van der Waals surface area contributed by atoms with Crippen molar-refractivity contribution in [3.05, 3.63) is 29.8 Å². The topological polar surface area (TPSA) is 93.0 Å². The lowest BCUT2D eigenvalue weighted by Gasteiger charge is -2.10. The van der Waals surface area contributed by atoms with Gasteiger partial charge in [0.2, 0.25) is 5.82 Å². The highest BCUT2D eigenvalue weighted by Crippen LogP contribution is 2.13. The van der Waals surface area contributed by atoms with E-state index in [2.05, 4.69) is 20.7 Å². The van der Waals surface area contributed by atoms with E-state index in [4.69, 9.17) is 0 Å². The molecule has 8 heteroatoms. The molecular formula is C13H14N6O2. The Bertz CT molecular complexity index is 678. The Hall–Kier alpha value is -2.77. The van der Waals surface area contributed by atoms with Gasteiger partial charge in [-0.15, -0.1) is 10.2 Å². The summed E-state index contributed by atoms with van der Waals surface area (Å²) >= 11 is 0. The van der Waals surface area contributed by atoms with Gasteiger partial charge in [0.25, 0.3) is 5.91 Å². The van der Waals surface area contributed by atoms with Gasteiger partial charge in [0, 0.05) is 18.7 Å². The average Bonchev–Trinajstić information content (AvgIpc) is 3.09. The molecule has 1 aromatic heterocycles. The van der Waals surface area contributed by atoms with Crippen molar-refractivity contribution >= 4 is 11.9 Å². The molecule has 108 valence electrons. The number of urea groups is 1. The van der Waals surface area contributed by atoms with Crippen molar-refractivity contribution in [2.24, 2.45) is 0 Å². The van der Waals surface area contributed by atoms with Gasteiger partial charge in [-0.05, 0) is 12.1 Å². The zero-order valence-electron chi connectivity index (χ0n) is 11.5. The Morgan fingerprint density at radius 2 is 2.10 bits per heavy atom. The molecule has 0 saturated carbocycles. The molecule has 0 atom stereocenters. The van der Waals surface area contributed by atoms with E-state index in [0.29, 0.717) is 18.9 Å². The van der Waals surface area contributed by atoms with Crippen molar-refractivity contribution < 1.29 is 9.59 Å². The summed E-state index contributed by atoms with van der Waals surface area (Å²) in [6.07, 6.45) is 0. The number of tetrazole rings is 1. The van der Waals surface area contributed by atoms with Gasteiger partial charge < -0.3 is 5.32 Å². The van der Waals surface area contributed by atoms with Gasteiger partial charge in [0.1, 0.15) is 6.54 Å². The van der Waals surface area contributed by atoms with Gasteiger partial charge in [0.05, 0.1) is 0 Å². The van der Waals surface area contributed by atoms with Gasteiger partial charge in [0.15, 0.2) is 0 Å². The standard InChI is InChI=1S/C13H14N6O2/c1-9-2-4-10(5-3-9)12-15-17-19(16-12)8-11(20)18-7-6-14-13(18)21/h2-5H,6-8H2,1H3,(H,14,21). The normalized spacial score (nSPS) is 14.3. The zero-order valence-corrected chi connectivity index (χ0v) is 11.5. The lowest BCUT2D eigenvalue weighted by Crippen LogP contribution is -2.37. The summed E-state index contributed by atoms with van der Waals surface area (Å²) in [6.45, 7) is 2.74. The predicted octanol–water partition coefficient (Wildman–Crippen LogP) is 0.200. The van der Waals surface area contributed by atoms with E-state index in [1.54, 1.807) is 0 Å². The SMILES string of the molecule is Cc1ccc(-c2nnn(CC(=O)N3CCNC3=O)n2)cc1. The number of nitrogens with one attached hydrogen (secondary N) is 1. The van der Waals surface area contributed by atoms with E-state index < -0.39 is 0 Å². The van der Waals surface area contributed by atoms with Crippen molar-refractivity contribution in [3.8, 4) is 11.4 Å². The molecule has 1 N–H and O–H groups in total. The highest BCUT2D eigenvalue weighted by atomic mass is 16.2. The lowest BCUT2D eigenvalue weighted by molar-refractivity contribution is -0.128. The summed E-state index contributed by atoms with van der Waals surface area (Å²) in [5.41, 5.74) is 1.97. The second-order valence-electron chi connectivity index (χ2n) is 4.79. The fourth-order valence-corrected chi connectivity index (χ4v) is 2.04. The van der Waals surface area contributed by atoms with E-state index in [1.807, 2.05) is 31.2 Å². The maximum Gasteiger partial charge on any atom is 0.324 e. The second-order valence-corrected chi connectivity index (χ2v) is 4.79. The van der Waals surface area contributed by atoms with Crippen LogP contribution in [0.4, 0.5) is 4.79 Å². The smallest absolute Gasteiger partial charge is 0.324 e. The quantitative estimate of drug-likeness (QED) is 0.870. The third kappa shape index (κ3) is 2.73. The molecule has 8 nitrogen and oxygen atoms in total. The highest BCUT2D eigenvalue weighted by Gasteiger charge is 2.26. The summed E-state index contributed by atoms with van der Waals surface area (Å²) in [5, 5.41) is 14.5. The number of imide groups is 1. The van der Waals surface area contributed by atoms with Crippen LogP contribution in [0.2, 0.25) is 0 Å². The van der Waals surface area contributed by atoms with Crippen molar-refractivity contribution in [2.45, 2.75) is 13.5 Å². The van der Waals surface area contributed by atoms with Crippen LogP contribution in [-0.4, -0.2) is 50.1 Å². The van der Waals surface area contributed by atoms with Crippen LogP contribution in [0.3, 0.4) is 0 Å². The van der Waals surface area contributed by atoms with Gasteiger partial charge in [-0.1, -0.05) is 29.8 Å². The van der Waals surface area contributed by atoms with E-state index in [1.165, 1.54) is 4.80 Å². The number of hydrogen-bond donors (Lipinski definition) is 1. The van der Waals surface area contributed by atoms with Gasteiger partial charge in [-0.25, -0.2) is 4.79 Å². The Morgan fingerprint density at radius 1 is 1.33 bits per heavy atom. The summed E-state index contributed by atoms with van der Waals surface area (Å²) in [6, 6.07) is 7.32. The number of aryl methyl sites for hydroxylation is 1. The predicted molar refractivity (Wildman–Crippen MR) is 73.1 cm³/mol. The Kier molecular flexibility index (Phi) is 3.35. The first-order chi connectivity index (χ1) is 10.1. The van der Waals surface area contributed by atoms with Crippen molar-refractivity contribution in [1.29, 1.82) is 0 Å². The number of benzene rings is 1. The number of amides is 3. The second kappa shape index (κ2) is 5.31. The maximum absolute atomic E-state index is 12.0. The summed E-state index contributed by atoms with van der Waals surface area (Å²) < 4.78 is 0. The highest BCUT2D eigenvalue weighted by molar-refractivity contribution is 5.95. The van der Waals surface area contributed by atoms with E-state index in [-0.39, 0.29) is 18.5 Å². The molecule has 0 spiro atoms. The first kappa shape index (κ1) is 13.2. The van der Waals surface area contributed by atoms with Gasteiger partial charge in [-0.3, -0.25) is 9.69 Å². The summed E-state index contributed by atoms with van der Waals surface area (Å²) in [7, 11) is 0. The number of rotatable bonds is 3. The minimum Gasteiger partial charge on any atom is -0.336 e. The number of aromatic nitrogens is 4. The molecule has 0 bridgehead atoms. The van der Waals surface area contributed by atoms with Crippen LogP contribution in [0, 0.1) is 6.92 Å². The molecule has 3 amide bonds. The maximum atomic E-state index is 12.0. The van der Waals surface area contributed by atoms with Crippen LogP contribution in [0.15, 0.2) is 24.3 Å². The van der Waals surface area contributed by atoms with Crippen LogP contribution in [-0.2, 0) is 11.3 Å².